The van der Waals surface area contributed by atoms with Crippen molar-refractivity contribution >= 4 is 28.7 Å². The summed E-state index contributed by atoms with van der Waals surface area (Å²) in [5.74, 6) is 1.14. The second-order valence-electron chi connectivity index (χ2n) is 9.57. The van der Waals surface area contributed by atoms with Crippen LogP contribution in [0.15, 0.2) is 64.2 Å². The van der Waals surface area contributed by atoms with Gasteiger partial charge in [-0.25, -0.2) is 4.79 Å². The van der Waals surface area contributed by atoms with E-state index in [1.807, 2.05) is 18.2 Å². The van der Waals surface area contributed by atoms with Crippen LogP contribution in [0.25, 0.3) is 11.2 Å². The van der Waals surface area contributed by atoms with Crippen LogP contribution in [-0.2, 0) is 27.2 Å². The monoisotopic (exact) mass is 538 g/mol. The van der Waals surface area contributed by atoms with E-state index in [2.05, 4.69) is 21.9 Å². The summed E-state index contributed by atoms with van der Waals surface area (Å²) in [6, 6.07) is 17.2. The lowest BCUT2D eigenvalue weighted by Gasteiger charge is -2.35. The highest BCUT2D eigenvalue weighted by atomic mass is 35.5. The third-order valence-electron chi connectivity index (χ3n) is 6.88. The number of imidazole rings is 1. The Hall–Kier alpha value is -3.60. The smallest absolute Gasteiger partial charge is 0.332 e. The maximum absolute atomic E-state index is 13.2. The van der Waals surface area contributed by atoms with Crippen molar-refractivity contribution in [3.63, 3.8) is 0 Å². The van der Waals surface area contributed by atoms with Gasteiger partial charge < -0.3 is 19.3 Å². The molecule has 1 N–H and O–H groups in total. The Morgan fingerprint density at radius 1 is 0.974 bits per heavy atom. The van der Waals surface area contributed by atoms with Gasteiger partial charge >= 0.3 is 5.69 Å². The summed E-state index contributed by atoms with van der Waals surface area (Å²) >= 11 is 5.94. The Kier molecular flexibility index (Phi) is 7.55. The van der Waals surface area contributed by atoms with Gasteiger partial charge in [-0.3, -0.25) is 18.8 Å². The van der Waals surface area contributed by atoms with Crippen molar-refractivity contribution in [2.24, 2.45) is 14.1 Å². The molecule has 2 aromatic carbocycles. The number of aliphatic hydroxyl groups is 1. The van der Waals surface area contributed by atoms with Crippen LogP contribution in [-0.4, -0.2) is 67.6 Å². The second kappa shape index (κ2) is 11.0. The number of hydrogen-bond donors (Lipinski definition) is 1. The minimum atomic E-state index is -0.928. The highest BCUT2D eigenvalue weighted by Gasteiger charge is 2.27. The number of piperazine rings is 1. The molecule has 2 aromatic heterocycles. The quantitative estimate of drug-likeness (QED) is 0.365. The average Bonchev–Trinajstić information content (AvgIpc) is 3.30. The number of ether oxygens (including phenoxy) is 1. The molecule has 0 bridgehead atoms. The molecular formula is C27H31ClN6O4. The second-order valence-corrected chi connectivity index (χ2v) is 10.0. The molecule has 4 aromatic rings. The van der Waals surface area contributed by atoms with Crippen molar-refractivity contribution in [2.75, 3.05) is 37.7 Å². The molecule has 0 unspecified atom stereocenters. The lowest BCUT2D eigenvalue weighted by atomic mass is 10.2. The van der Waals surface area contributed by atoms with Crippen LogP contribution in [0.5, 0.6) is 5.75 Å². The summed E-state index contributed by atoms with van der Waals surface area (Å²) in [5.41, 5.74) is 0.941. The molecule has 1 aliphatic rings. The Balaban J connectivity index is 1.40. The van der Waals surface area contributed by atoms with Crippen LogP contribution < -0.4 is 20.9 Å². The Morgan fingerprint density at radius 2 is 1.66 bits per heavy atom. The zero-order valence-corrected chi connectivity index (χ0v) is 22.2. The number of rotatable bonds is 8. The molecule has 11 heteroatoms. The number of benzene rings is 2. The van der Waals surface area contributed by atoms with Gasteiger partial charge in [-0.05, 0) is 29.8 Å². The summed E-state index contributed by atoms with van der Waals surface area (Å²) in [4.78, 5) is 35.0. The van der Waals surface area contributed by atoms with Crippen LogP contribution in [0.2, 0.25) is 5.02 Å². The van der Waals surface area contributed by atoms with E-state index in [4.69, 9.17) is 21.3 Å². The Morgan fingerprint density at radius 3 is 2.34 bits per heavy atom. The van der Waals surface area contributed by atoms with Gasteiger partial charge in [0.15, 0.2) is 11.2 Å². The minimum absolute atomic E-state index is 0.0116. The van der Waals surface area contributed by atoms with Gasteiger partial charge in [-0.2, -0.15) is 4.98 Å². The van der Waals surface area contributed by atoms with E-state index in [-0.39, 0.29) is 18.7 Å². The first-order valence-corrected chi connectivity index (χ1v) is 12.9. The fourth-order valence-corrected chi connectivity index (χ4v) is 4.91. The van der Waals surface area contributed by atoms with Gasteiger partial charge in [0, 0.05) is 51.8 Å². The standard InChI is InChI=1S/C27H31ClN6O4/c1-30-24-23(25(36)31(2)27(30)37)34(17-21(35)18-38-22-10-8-20(28)9-11-22)26(29-24)33-14-12-32(13-15-33)16-19-6-4-3-5-7-19/h3-11,21,35H,12-18H2,1-2H3/t21-/m0/s1. The molecule has 1 aliphatic heterocycles. The molecule has 0 saturated carbocycles. The number of fused-ring (bicyclic) bond motifs is 1. The molecule has 200 valence electrons. The molecule has 0 radical (unpaired) electrons. The van der Waals surface area contributed by atoms with Crippen LogP contribution in [0, 0.1) is 0 Å². The minimum Gasteiger partial charge on any atom is -0.491 e. The SMILES string of the molecule is Cn1c(=O)c2c(nc(N3CCN(Cc4ccccc4)CC3)n2C[C@H](O)COc2ccc(Cl)cc2)n(C)c1=O. The van der Waals surface area contributed by atoms with E-state index < -0.39 is 17.4 Å². The predicted octanol–water partition coefficient (Wildman–Crippen LogP) is 1.85. The summed E-state index contributed by atoms with van der Waals surface area (Å²) in [5, 5.41) is 11.5. The molecule has 1 atom stereocenters. The zero-order chi connectivity index (χ0) is 26.8. The van der Waals surface area contributed by atoms with Crippen LogP contribution in [0.3, 0.4) is 0 Å². The average molecular weight is 539 g/mol. The predicted molar refractivity (Wildman–Crippen MR) is 147 cm³/mol. The van der Waals surface area contributed by atoms with Gasteiger partial charge in [0.25, 0.3) is 5.56 Å². The molecule has 1 fully saturated rings. The highest BCUT2D eigenvalue weighted by molar-refractivity contribution is 6.30. The fourth-order valence-electron chi connectivity index (χ4n) is 4.78. The molecule has 1 saturated heterocycles. The van der Waals surface area contributed by atoms with Crippen molar-refractivity contribution in [3.05, 3.63) is 86.0 Å². The van der Waals surface area contributed by atoms with Crippen molar-refractivity contribution in [2.45, 2.75) is 19.2 Å². The molecule has 38 heavy (non-hydrogen) atoms. The summed E-state index contributed by atoms with van der Waals surface area (Å²) in [7, 11) is 3.05. The van der Waals surface area contributed by atoms with Gasteiger partial charge in [0.05, 0.1) is 6.54 Å². The number of halogens is 1. The van der Waals surface area contributed by atoms with Crippen molar-refractivity contribution in [1.29, 1.82) is 0 Å². The van der Waals surface area contributed by atoms with Gasteiger partial charge in [-0.1, -0.05) is 41.9 Å². The molecule has 5 rings (SSSR count). The maximum Gasteiger partial charge on any atom is 0.332 e. The number of aryl methyl sites for hydroxylation is 1. The van der Waals surface area contributed by atoms with E-state index in [1.165, 1.54) is 17.2 Å². The number of aliphatic hydroxyl groups excluding tert-OH is 1. The van der Waals surface area contributed by atoms with Crippen molar-refractivity contribution in [3.8, 4) is 5.75 Å². The van der Waals surface area contributed by atoms with Crippen molar-refractivity contribution < 1.29 is 9.84 Å². The third-order valence-corrected chi connectivity index (χ3v) is 7.13. The fraction of sp³-hybridized carbons (Fsp3) is 0.370. The van der Waals surface area contributed by atoms with Gasteiger partial charge in [-0.15, -0.1) is 0 Å². The first-order valence-electron chi connectivity index (χ1n) is 12.6. The summed E-state index contributed by atoms with van der Waals surface area (Å²) in [6.07, 6.45) is -0.928. The zero-order valence-electron chi connectivity index (χ0n) is 21.5. The molecule has 0 spiro atoms. The third kappa shape index (κ3) is 5.33. The topological polar surface area (TPSA) is 97.8 Å². The lowest BCUT2D eigenvalue weighted by molar-refractivity contribution is 0.0935. The first kappa shape index (κ1) is 26.0. The molecule has 0 amide bonds. The van der Waals surface area contributed by atoms with Crippen LogP contribution in [0.1, 0.15) is 5.56 Å². The van der Waals surface area contributed by atoms with Crippen LogP contribution >= 0.6 is 11.6 Å². The van der Waals surface area contributed by atoms with Crippen molar-refractivity contribution in [1.82, 2.24) is 23.6 Å². The Bertz CT molecular complexity index is 1520. The van der Waals surface area contributed by atoms with E-state index in [0.717, 1.165) is 24.2 Å². The number of aromatic nitrogens is 4. The molecule has 10 nitrogen and oxygen atoms in total. The molecule has 3 heterocycles. The number of anilines is 1. The van der Waals surface area contributed by atoms with E-state index in [9.17, 15) is 14.7 Å². The van der Waals surface area contributed by atoms with Crippen LogP contribution in [0.4, 0.5) is 5.95 Å². The molecule has 0 aliphatic carbocycles. The van der Waals surface area contributed by atoms with E-state index >= 15 is 0 Å². The van der Waals surface area contributed by atoms with E-state index in [0.29, 0.717) is 35.5 Å². The largest absolute Gasteiger partial charge is 0.491 e. The normalized spacial score (nSPS) is 15.2. The molecular weight excluding hydrogens is 508 g/mol. The van der Waals surface area contributed by atoms with Gasteiger partial charge in [0.1, 0.15) is 18.5 Å². The first-order chi connectivity index (χ1) is 18.3. The van der Waals surface area contributed by atoms with E-state index in [1.54, 1.807) is 35.9 Å². The number of nitrogens with zero attached hydrogens (tertiary/aromatic N) is 6. The summed E-state index contributed by atoms with van der Waals surface area (Å²) in [6.45, 7) is 3.98. The van der Waals surface area contributed by atoms with Gasteiger partial charge in [0.2, 0.25) is 5.95 Å². The maximum atomic E-state index is 13.2. The Labute approximate surface area is 224 Å². The highest BCUT2D eigenvalue weighted by Crippen LogP contribution is 2.23. The number of hydrogen-bond acceptors (Lipinski definition) is 7. The summed E-state index contributed by atoms with van der Waals surface area (Å²) < 4.78 is 9.90. The lowest BCUT2D eigenvalue weighted by Crippen LogP contribution is -2.47.